The maximum absolute atomic E-state index is 12.0. The molecule has 23 heavy (non-hydrogen) atoms. The van der Waals surface area contributed by atoms with Crippen LogP contribution in [0.15, 0.2) is 23.0 Å². The standard InChI is InChI=1S/C14H17N5O3.ClH/c20-13-11-7-10(19(21)22)1-2-12(11)17-14(18-13)16-8-9-3-5-15-6-4-9;/h1-2,7,9,15H,3-6,8H2,(H2,16,17,18,20);1H. The van der Waals surface area contributed by atoms with Gasteiger partial charge in [-0.05, 0) is 37.9 Å². The summed E-state index contributed by atoms with van der Waals surface area (Å²) in [7, 11) is 0. The van der Waals surface area contributed by atoms with Crippen LogP contribution in [-0.4, -0.2) is 34.5 Å². The lowest BCUT2D eigenvalue weighted by molar-refractivity contribution is -0.384. The van der Waals surface area contributed by atoms with Gasteiger partial charge in [-0.15, -0.1) is 12.4 Å². The number of fused-ring (bicyclic) bond motifs is 1. The van der Waals surface area contributed by atoms with Crippen molar-refractivity contribution in [3.63, 3.8) is 0 Å². The molecule has 1 aromatic carbocycles. The smallest absolute Gasteiger partial charge is 0.282 e. The van der Waals surface area contributed by atoms with E-state index >= 15 is 0 Å². The molecule has 1 aliphatic heterocycles. The third kappa shape index (κ3) is 3.96. The van der Waals surface area contributed by atoms with E-state index in [9.17, 15) is 14.9 Å². The van der Waals surface area contributed by atoms with Crippen LogP contribution >= 0.6 is 12.4 Å². The minimum Gasteiger partial charge on any atom is -0.355 e. The van der Waals surface area contributed by atoms with Gasteiger partial charge in [-0.3, -0.25) is 14.9 Å². The van der Waals surface area contributed by atoms with Gasteiger partial charge in [-0.1, -0.05) is 0 Å². The molecule has 9 heteroatoms. The van der Waals surface area contributed by atoms with Gasteiger partial charge in [0.05, 0.1) is 15.8 Å². The van der Waals surface area contributed by atoms with Crippen LogP contribution in [0.3, 0.4) is 0 Å². The molecular formula is C14H18ClN5O3. The van der Waals surface area contributed by atoms with Crippen molar-refractivity contribution in [2.45, 2.75) is 12.8 Å². The van der Waals surface area contributed by atoms with Gasteiger partial charge in [0.2, 0.25) is 5.95 Å². The number of piperidine rings is 1. The van der Waals surface area contributed by atoms with E-state index in [4.69, 9.17) is 0 Å². The van der Waals surface area contributed by atoms with Crippen LogP contribution in [0.4, 0.5) is 11.6 Å². The van der Waals surface area contributed by atoms with Crippen LogP contribution in [0.2, 0.25) is 0 Å². The molecule has 8 nitrogen and oxygen atoms in total. The van der Waals surface area contributed by atoms with Crippen molar-refractivity contribution in [1.29, 1.82) is 0 Å². The lowest BCUT2D eigenvalue weighted by atomic mass is 9.98. The predicted octanol–water partition coefficient (Wildman–Crippen LogP) is 1.66. The molecule has 0 unspecified atom stereocenters. The number of aromatic nitrogens is 2. The van der Waals surface area contributed by atoms with Crippen LogP contribution in [0.25, 0.3) is 10.9 Å². The summed E-state index contributed by atoms with van der Waals surface area (Å²) < 4.78 is 0. The Morgan fingerprint density at radius 2 is 2.09 bits per heavy atom. The molecule has 0 aliphatic carbocycles. The summed E-state index contributed by atoms with van der Waals surface area (Å²) in [6.07, 6.45) is 2.19. The lowest BCUT2D eigenvalue weighted by Crippen LogP contribution is -2.31. The van der Waals surface area contributed by atoms with Crippen molar-refractivity contribution >= 4 is 34.9 Å². The molecule has 0 radical (unpaired) electrons. The third-order valence-corrected chi connectivity index (χ3v) is 3.93. The fraction of sp³-hybridized carbons (Fsp3) is 0.429. The minimum absolute atomic E-state index is 0. The second kappa shape index (κ2) is 7.38. The molecular weight excluding hydrogens is 322 g/mol. The van der Waals surface area contributed by atoms with Gasteiger partial charge in [0.25, 0.3) is 11.2 Å². The normalized spacial score (nSPS) is 15.1. The Bertz CT molecular complexity index is 758. The number of H-pyrrole nitrogens is 1. The number of nitrogens with zero attached hydrogens (tertiary/aromatic N) is 2. The van der Waals surface area contributed by atoms with E-state index in [1.165, 1.54) is 18.2 Å². The molecule has 0 saturated carbocycles. The average Bonchev–Trinajstić information content (AvgIpc) is 2.53. The first-order valence-electron chi connectivity index (χ1n) is 7.26. The number of halogens is 1. The van der Waals surface area contributed by atoms with Crippen LogP contribution < -0.4 is 16.2 Å². The van der Waals surface area contributed by atoms with Crippen molar-refractivity contribution < 1.29 is 4.92 Å². The Balaban J connectivity index is 0.00000192. The number of hydrogen-bond acceptors (Lipinski definition) is 6. The second-order valence-corrected chi connectivity index (χ2v) is 5.45. The van der Waals surface area contributed by atoms with E-state index in [0.717, 1.165) is 32.5 Å². The molecule has 1 saturated heterocycles. The van der Waals surface area contributed by atoms with Gasteiger partial charge >= 0.3 is 0 Å². The molecule has 2 aromatic rings. The quantitative estimate of drug-likeness (QED) is 0.577. The number of benzene rings is 1. The highest BCUT2D eigenvalue weighted by atomic mass is 35.5. The predicted molar refractivity (Wildman–Crippen MR) is 90.3 cm³/mol. The van der Waals surface area contributed by atoms with Crippen LogP contribution in [-0.2, 0) is 0 Å². The Morgan fingerprint density at radius 1 is 1.35 bits per heavy atom. The van der Waals surface area contributed by atoms with Crippen molar-refractivity contribution in [3.8, 4) is 0 Å². The lowest BCUT2D eigenvalue weighted by Gasteiger charge is -2.22. The highest BCUT2D eigenvalue weighted by Crippen LogP contribution is 2.18. The summed E-state index contributed by atoms with van der Waals surface area (Å²) >= 11 is 0. The highest BCUT2D eigenvalue weighted by Gasteiger charge is 2.14. The van der Waals surface area contributed by atoms with E-state index in [0.29, 0.717) is 17.4 Å². The number of rotatable bonds is 4. The number of nitro benzene ring substituents is 1. The van der Waals surface area contributed by atoms with Gasteiger partial charge in [-0.25, -0.2) is 0 Å². The summed E-state index contributed by atoms with van der Waals surface area (Å²) in [5, 5.41) is 17.4. The van der Waals surface area contributed by atoms with Crippen LogP contribution in [0, 0.1) is 16.0 Å². The molecule has 1 aromatic heterocycles. The van der Waals surface area contributed by atoms with Gasteiger partial charge < -0.3 is 15.6 Å². The van der Waals surface area contributed by atoms with Crippen molar-refractivity contribution in [1.82, 2.24) is 15.3 Å². The third-order valence-electron chi connectivity index (χ3n) is 3.93. The molecule has 3 rings (SSSR count). The van der Waals surface area contributed by atoms with E-state index in [1.54, 1.807) is 0 Å². The van der Waals surface area contributed by atoms with Crippen molar-refractivity contribution in [3.05, 3.63) is 38.7 Å². The zero-order chi connectivity index (χ0) is 15.5. The van der Waals surface area contributed by atoms with Crippen LogP contribution in [0.1, 0.15) is 12.8 Å². The molecule has 1 fully saturated rings. The van der Waals surface area contributed by atoms with Gasteiger partial charge in [0.15, 0.2) is 0 Å². The number of nitro groups is 1. The topological polar surface area (TPSA) is 113 Å². The number of aromatic amines is 1. The molecule has 0 atom stereocenters. The molecule has 0 bridgehead atoms. The van der Waals surface area contributed by atoms with Crippen molar-refractivity contribution in [2.75, 3.05) is 25.0 Å². The summed E-state index contributed by atoms with van der Waals surface area (Å²) in [5.74, 6) is 0.962. The van der Waals surface area contributed by atoms with Gasteiger partial charge in [0.1, 0.15) is 0 Å². The molecule has 124 valence electrons. The summed E-state index contributed by atoms with van der Waals surface area (Å²) in [5.41, 5.74) is -0.0427. The van der Waals surface area contributed by atoms with Gasteiger partial charge in [0, 0.05) is 18.7 Å². The fourth-order valence-electron chi connectivity index (χ4n) is 2.66. The summed E-state index contributed by atoms with van der Waals surface area (Å²) in [6, 6.07) is 4.15. The fourth-order valence-corrected chi connectivity index (χ4v) is 2.66. The molecule has 3 N–H and O–H groups in total. The largest absolute Gasteiger partial charge is 0.355 e. The molecule has 2 heterocycles. The minimum atomic E-state index is -0.526. The van der Waals surface area contributed by atoms with Gasteiger partial charge in [-0.2, -0.15) is 4.98 Å². The zero-order valence-corrected chi connectivity index (χ0v) is 13.2. The average molecular weight is 340 g/mol. The number of nitrogens with one attached hydrogen (secondary N) is 3. The number of non-ortho nitro benzene ring substituents is 1. The Morgan fingerprint density at radius 3 is 2.78 bits per heavy atom. The molecule has 1 aliphatic rings. The Hall–Kier alpha value is -2.19. The Labute approximate surface area is 138 Å². The first-order valence-corrected chi connectivity index (χ1v) is 7.26. The molecule has 0 spiro atoms. The van der Waals surface area contributed by atoms with E-state index in [1.807, 2.05) is 0 Å². The number of hydrogen-bond donors (Lipinski definition) is 3. The highest BCUT2D eigenvalue weighted by molar-refractivity contribution is 5.85. The number of anilines is 1. The van der Waals surface area contributed by atoms with E-state index < -0.39 is 10.5 Å². The maximum Gasteiger partial charge on any atom is 0.282 e. The first kappa shape index (κ1) is 17.2. The van der Waals surface area contributed by atoms with Crippen LogP contribution in [0.5, 0.6) is 0 Å². The summed E-state index contributed by atoms with van der Waals surface area (Å²) in [6.45, 7) is 2.78. The zero-order valence-electron chi connectivity index (χ0n) is 12.4. The Kier molecular flexibility index (Phi) is 5.51. The van der Waals surface area contributed by atoms with E-state index in [2.05, 4.69) is 20.6 Å². The first-order chi connectivity index (χ1) is 10.6. The monoisotopic (exact) mass is 339 g/mol. The maximum atomic E-state index is 12.0. The second-order valence-electron chi connectivity index (χ2n) is 5.45. The van der Waals surface area contributed by atoms with Crippen molar-refractivity contribution in [2.24, 2.45) is 5.92 Å². The summed E-state index contributed by atoms with van der Waals surface area (Å²) in [4.78, 5) is 29.2. The molecule has 0 amide bonds. The SMILES string of the molecule is Cl.O=c1nc(NCC2CCNCC2)[nH]c2ccc([N+](=O)[O-])cc12. The van der Waals surface area contributed by atoms with E-state index in [-0.39, 0.29) is 23.5 Å².